The third-order valence-electron chi connectivity index (χ3n) is 3.71. The molecule has 116 valence electrons. The summed E-state index contributed by atoms with van der Waals surface area (Å²) in [5.41, 5.74) is 1.24. The first-order chi connectivity index (χ1) is 10.6. The van der Waals surface area contributed by atoms with Crippen molar-refractivity contribution in [3.05, 3.63) is 51.1 Å². The molecule has 0 saturated carbocycles. The number of halogens is 1. The fourth-order valence-electron chi connectivity index (χ4n) is 2.57. The Labute approximate surface area is 136 Å². The highest BCUT2D eigenvalue weighted by Gasteiger charge is 2.22. The van der Waals surface area contributed by atoms with Gasteiger partial charge in [-0.3, -0.25) is 4.90 Å². The fourth-order valence-corrected chi connectivity index (χ4v) is 3.03. The first-order valence-electron chi connectivity index (χ1n) is 7.03. The number of anilines is 1. The molecule has 8 heteroatoms. The number of nitro groups is 1. The average Bonchev–Trinajstić information content (AvgIpc) is 2.90. The molecule has 0 aliphatic carbocycles. The SMILES string of the molecule is O=[N+]([O-])c1nn(CN2CCN(c3ccccc3)CC2)cc1Br. The molecule has 7 nitrogen and oxygen atoms in total. The minimum absolute atomic E-state index is 0.136. The summed E-state index contributed by atoms with van der Waals surface area (Å²) in [6.07, 6.45) is 1.65. The molecule has 3 rings (SSSR count). The maximum absolute atomic E-state index is 10.8. The zero-order chi connectivity index (χ0) is 15.5. The number of nitrogens with zero attached hydrogens (tertiary/aromatic N) is 5. The summed E-state index contributed by atoms with van der Waals surface area (Å²) in [5, 5.41) is 14.8. The Kier molecular flexibility index (Phi) is 4.39. The van der Waals surface area contributed by atoms with E-state index in [0.29, 0.717) is 11.1 Å². The van der Waals surface area contributed by atoms with Crippen LogP contribution in [-0.2, 0) is 6.67 Å². The molecule has 0 radical (unpaired) electrons. The molecule has 0 unspecified atom stereocenters. The van der Waals surface area contributed by atoms with Gasteiger partial charge in [-0.15, -0.1) is 0 Å². The standard InChI is InChI=1S/C14H16BrN5O2/c15-13-10-19(16-14(13)20(21)22)11-17-6-8-18(9-7-17)12-4-2-1-3-5-12/h1-5,10H,6-9,11H2. The molecule has 0 bridgehead atoms. The second-order valence-electron chi connectivity index (χ2n) is 5.18. The summed E-state index contributed by atoms with van der Waals surface area (Å²) in [4.78, 5) is 14.9. The minimum Gasteiger partial charge on any atom is -0.369 e. The van der Waals surface area contributed by atoms with Gasteiger partial charge in [0, 0.05) is 31.9 Å². The zero-order valence-corrected chi connectivity index (χ0v) is 13.5. The van der Waals surface area contributed by atoms with Crippen LogP contribution in [0, 0.1) is 10.1 Å². The number of benzene rings is 1. The Bertz CT molecular complexity index is 653. The summed E-state index contributed by atoms with van der Waals surface area (Å²) >= 11 is 3.17. The molecule has 1 saturated heterocycles. The van der Waals surface area contributed by atoms with Gasteiger partial charge in [0.05, 0.1) is 11.3 Å². The number of hydrogen-bond acceptors (Lipinski definition) is 5. The van der Waals surface area contributed by atoms with E-state index < -0.39 is 4.92 Å². The van der Waals surface area contributed by atoms with Crippen LogP contribution in [0.15, 0.2) is 41.0 Å². The van der Waals surface area contributed by atoms with Crippen molar-refractivity contribution in [1.82, 2.24) is 14.7 Å². The normalized spacial score (nSPS) is 16.0. The van der Waals surface area contributed by atoms with Gasteiger partial charge < -0.3 is 15.0 Å². The highest BCUT2D eigenvalue weighted by Crippen LogP contribution is 2.22. The van der Waals surface area contributed by atoms with E-state index in [1.54, 1.807) is 10.9 Å². The predicted octanol–water partition coefficient (Wildman–Crippen LogP) is 2.33. The lowest BCUT2D eigenvalue weighted by atomic mass is 10.2. The van der Waals surface area contributed by atoms with Gasteiger partial charge in [-0.2, -0.15) is 4.68 Å². The maximum Gasteiger partial charge on any atom is 0.404 e. The second kappa shape index (κ2) is 6.45. The Morgan fingerprint density at radius 2 is 1.86 bits per heavy atom. The van der Waals surface area contributed by atoms with Crippen LogP contribution in [0.5, 0.6) is 0 Å². The lowest BCUT2D eigenvalue weighted by Gasteiger charge is -2.35. The Morgan fingerprint density at radius 1 is 1.18 bits per heavy atom. The molecule has 1 aromatic heterocycles. The van der Waals surface area contributed by atoms with Gasteiger partial charge in [0.1, 0.15) is 11.1 Å². The second-order valence-corrected chi connectivity index (χ2v) is 6.03. The third kappa shape index (κ3) is 3.28. The Morgan fingerprint density at radius 3 is 2.45 bits per heavy atom. The van der Waals surface area contributed by atoms with Gasteiger partial charge in [0.15, 0.2) is 0 Å². The number of aromatic nitrogens is 2. The predicted molar refractivity (Wildman–Crippen MR) is 86.8 cm³/mol. The van der Waals surface area contributed by atoms with Crippen molar-refractivity contribution in [1.29, 1.82) is 0 Å². The van der Waals surface area contributed by atoms with E-state index in [1.165, 1.54) is 5.69 Å². The van der Waals surface area contributed by atoms with Crippen LogP contribution in [-0.4, -0.2) is 45.8 Å². The van der Waals surface area contributed by atoms with E-state index in [4.69, 9.17) is 0 Å². The van der Waals surface area contributed by atoms with E-state index in [1.807, 2.05) is 18.2 Å². The quantitative estimate of drug-likeness (QED) is 0.614. The van der Waals surface area contributed by atoms with Crippen LogP contribution < -0.4 is 4.90 Å². The summed E-state index contributed by atoms with van der Waals surface area (Å²) in [5.74, 6) is -0.136. The average molecular weight is 366 g/mol. The van der Waals surface area contributed by atoms with Crippen molar-refractivity contribution in [2.24, 2.45) is 0 Å². The lowest BCUT2D eigenvalue weighted by molar-refractivity contribution is -0.390. The van der Waals surface area contributed by atoms with Gasteiger partial charge in [-0.05, 0) is 33.0 Å². The largest absolute Gasteiger partial charge is 0.404 e. The van der Waals surface area contributed by atoms with Gasteiger partial charge in [-0.1, -0.05) is 18.2 Å². The molecular formula is C14H16BrN5O2. The highest BCUT2D eigenvalue weighted by molar-refractivity contribution is 9.10. The molecule has 1 aliphatic heterocycles. The van der Waals surface area contributed by atoms with Crippen LogP contribution in [0.4, 0.5) is 11.5 Å². The van der Waals surface area contributed by atoms with Crippen LogP contribution in [0.1, 0.15) is 0 Å². The van der Waals surface area contributed by atoms with E-state index in [0.717, 1.165) is 26.2 Å². The van der Waals surface area contributed by atoms with Crippen molar-refractivity contribution in [2.75, 3.05) is 31.1 Å². The summed E-state index contributed by atoms with van der Waals surface area (Å²) in [6, 6.07) is 10.3. The van der Waals surface area contributed by atoms with Gasteiger partial charge >= 0.3 is 5.82 Å². The molecule has 2 heterocycles. The number of rotatable bonds is 4. The summed E-state index contributed by atoms with van der Waals surface area (Å²) in [6.45, 7) is 4.25. The van der Waals surface area contributed by atoms with Gasteiger partial charge in [-0.25, -0.2) is 0 Å². The zero-order valence-electron chi connectivity index (χ0n) is 11.9. The van der Waals surface area contributed by atoms with Crippen molar-refractivity contribution in [3.63, 3.8) is 0 Å². The minimum atomic E-state index is -0.478. The molecular weight excluding hydrogens is 350 g/mol. The lowest BCUT2D eigenvalue weighted by Crippen LogP contribution is -2.46. The molecule has 1 fully saturated rings. The van der Waals surface area contributed by atoms with E-state index >= 15 is 0 Å². The molecule has 1 aliphatic rings. The smallest absolute Gasteiger partial charge is 0.369 e. The monoisotopic (exact) mass is 365 g/mol. The molecule has 0 amide bonds. The van der Waals surface area contributed by atoms with E-state index in [2.05, 4.69) is 43.0 Å². The number of hydrogen-bond donors (Lipinski definition) is 0. The molecule has 0 N–H and O–H groups in total. The van der Waals surface area contributed by atoms with Crippen molar-refractivity contribution in [3.8, 4) is 0 Å². The molecule has 2 aromatic rings. The highest BCUT2D eigenvalue weighted by atomic mass is 79.9. The number of piperazine rings is 1. The van der Waals surface area contributed by atoms with Crippen LogP contribution in [0.25, 0.3) is 0 Å². The van der Waals surface area contributed by atoms with Crippen molar-refractivity contribution in [2.45, 2.75) is 6.67 Å². The van der Waals surface area contributed by atoms with Crippen LogP contribution in [0.2, 0.25) is 0 Å². The van der Waals surface area contributed by atoms with Gasteiger partial charge in [0.2, 0.25) is 0 Å². The first-order valence-corrected chi connectivity index (χ1v) is 7.82. The summed E-state index contributed by atoms with van der Waals surface area (Å²) < 4.78 is 2.03. The molecule has 22 heavy (non-hydrogen) atoms. The fraction of sp³-hybridized carbons (Fsp3) is 0.357. The van der Waals surface area contributed by atoms with Crippen molar-refractivity contribution >= 4 is 27.4 Å². The van der Waals surface area contributed by atoms with Gasteiger partial charge in [0.25, 0.3) is 0 Å². The molecule has 0 atom stereocenters. The molecule has 0 spiro atoms. The van der Waals surface area contributed by atoms with Crippen LogP contribution in [0.3, 0.4) is 0 Å². The Hall–Kier alpha value is -1.93. The third-order valence-corrected chi connectivity index (χ3v) is 4.27. The maximum atomic E-state index is 10.8. The van der Waals surface area contributed by atoms with Crippen LogP contribution >= 0.6 is 15.9 Å². The summed E-state index contributed by atoms with van der Waals surface area (Å²) in [7, 11) is 0. The van der Waals surface area contributed by atoms with E-state index in [9.17, 15) is 10.1 Å². The van der Waals surface area contributed by atoms with E-state index in [-0.39, 0.29) is 5.82 Å². The van der Waals surface area contributed by atoms with Crippen molar-refractivity contribution < 1.29 is 4.92 Å². The number of para-hydroxylation sites is 1. The molecule has 1 aromatic carbocycles. The first kappa shape index (κ1) is 15.0. The topological polar surface area (TPSA) is 67.4 Å². The Balaban J connectivity index is 1.58.